The van der Waals surface area contributed by atoms with Crippen LogP contribution in [0.1, 0.15) is 5.56 Å². The lowest BCUT2D eigenvalue weighted by molar-refractivity contribution is -0.138. The van der Waals surface area contributed by atoms with E-state index in [1.165, 1.54) is 6.07 Å². The third-order valence-corrected chi connectivity index (χ3v) is 2.98. The Labute approximate surface area is 118 Å². The minimum Gasteiger partial charge on any atom is -0.361 e. The Hall–Kier alpha value is -2.06. The first-order valence-corrected chi connectivity index (χ1v) is 6.97. The minimum atomic E-state index is -5.06. The molecule has 0 saturated heterocycles. The summed E-state index contributed by atoms with van der Waals surface area (Å²) in [6, 6.07) is 11.2. The molecule has 0 amide bonds. The van der Waals surface area contributed by atoms with Crippen LogP contribution in [0.25, 0.3) is 11.1 Å². The van der Waals surface area contributed by atoms with E-state index in [-0.39, 0.29) is 0 Å². The van der Waals surface area contributed by atoms with Crippen LogP contribution in [0.5, 0.6) is 5.75 Å². The van der Waals surface area contributed by atoms with E-state index in [1.54, 1.807) is 30.3 Å². The number of benzene rings is 2. The Bertz CT molecular complexity index is 740. The van der Waals surface area contributed by atoms with Gasteiger partial charge in [0.2, 0.25) is 0 Å². The van der Waals surface area contributed by atoms with Gasteiger partial charge in [0.1, 0.15) is 0 Å². The van der Waals surface area contributed by atoms with Crippen LogP contribution in [0, 0.1) is 0 Å². The molecule has 0 unspecified atom stereocenters. The summed E-state index contributed by atoms with van der Waals surface area (Å²) in [5.41, 5.74) is -0.395. The number of rotatable bonds is 3. The standard InChI is InChI=1S/C13H9F3O4S/c14-13(15,16)11-7-6-10(9-4-2-1-3-5-9)8-12(11)20-21(17,18)19/h1-8H,(H,17,18,19). The second-order valence-corrected chi connectivity index (χ2v) is 5.11. The first kappa shape index (κ1) is 15.3. The van der Waals surface area contributed by atoms with Gasteiger partial charge in [-0.25, -0.2) is 0 Å². The molecule has 0 fully saturated rings. The predicted octanol–water partition coefficient (Wildman–Crippen LogP) is 3.55. The highest BCUT2D eigenvalue weighted by atomic mass is 32.3. The summed E-state index contributed by atoms with van der Waals surface area (Å²) in [6.07, 6.45) is -4.81. The highest BCUT2D eigenvalue weighted by Gasteiger charge is 2.35. The maximum atomic E-state index is 12.8. The summed E-state index contributed by atoms with van der Waals surface area (Å²) < 4.78 is 72.4. The van der Waals surface area contributed by atoms with E-state index in [0.29, 0.717) is 17.2 Å². The largest absolute Gasteiger partial charge is 0.446 e. The second-order valence-electron chi connectivity index (χ2n) is 4.09. The van der Waals surface area contributed by atoms with Crippen molar-refractivity contribution < 1.29 is 30.3 Å². The Morgan fingerprint density at radius 1 is 0.952 bits per heavy atom. The molecular weight excluding hydrogens is 309 g/mol. The van der Waals surface area contributed by atoms with Crippen LogP contribution in [0.3, 0.4) is 0 Å². The third-order valence-electron chi connectivity index (χ3n) is 2.59. The van der Waals surface area contributed by atoms with Gasteiger partial charge in [0.05, 0.1) is 5.56 Å². The van der Waals surface area contributed by atoms with Crippen LogP contribution in [0.2, 0.25) is 0 Å². The molecule has 112 valence electrons. The van der Waals surface area contributed by atoms with Crippen molar-refractivity contribution in [2.24, 2.45) is 0 Å². The highest BCUT2D eigenvalue weighted by Crippen LogP contribution is 2.38. The van der Waals surface area contributed by atoms with Crippen molar-refractivity contribution in [3.63, 3.8) is 0 Å². The zero-order valence-electron chi connectivity index (χ0n) is 10.3. The average Bonchev–Trinajstić information content (AvgIpc) is 2.36. The molecule has 2 aromatic rings. The molecule has 0 saturated carbocycles. The van der Waals surface area contributed by atoms with Gasteiger partial charge < -0.3 is 4.18 Å². The van der Waals surface area contributed by atoms with E-state index in [0.717, 1.165) is 6.07 Å². The molecule has 0 bridgehead atoms. The summed E-state index contributed by atoms with van der Waals surface area (Å²) in [5, 5.41) is 0. The zero-order valence-corrected chi connectivity index (χ0v) is 11.1. The topological polar surface area (TPSA) is 63.6 Å². The molecule has 0 aromatic heterocycles. The summed E-state index contributed by atoms with van der Waals surface area (Å²) in [7, 11) is -5.06. The fraction of sp³-hybridized carbons (Fsp3) is 0.0769. The van der Waals surface area contributed by atoms with Crippen molar-refractivity contribution in [1.82, 2.24) is 0 Å². The Morgan fingerprint density at radius 2 is 1.57 bits per heavy atom. The molecule has 0 aliphatic heterocycles. The molecule has 2 rings (SSSR count). The van der Waals surface area contributed by atoms with Crippen molar-refractivity contribution in [3.8, 4) is 16.9 Å². The molecule has 0 radical (unpaired) electrons. The molecule has 0 heterocycles. The Morgan fingerprint density at radius 3 is 2.10 bits per heavy atom. The smallest absolute Gasteiger partial charge is 0.361 e. The fourth-order valence-corrected chi connectivity index (χ4v) is 2.11. The van der Waals surface area contributed by atoms with E-state index in [1.807, 2.05) is 0 Å². The summed E-state index contributed by atoms with van der Waals surface area (Å²) >= 11 is 0. The molecule has 8 heteroatoms. The average molecular weight is 318 g/mol. The van der Waals surface area contributed by atoms with Gasteiger partial charge in [-0.1, -0.05) is 36.4 Å². The minimum absolute atomic E-state index is 0.322. The Kier molecular flexibility index (Phi) is 3.93. The molecule has 2 aromatic carbocycles. The number of halogens is 3. The quantitative estimate of drug-likeness (QED) is 0.879. The van der Waals surface area contributed by atoms with Crippen molar-refractivity contribution in [2.75, 3.05) is 0 Å². The van der Waals surface area contributed by atoms with Crippen LogP contribution in [0.4, 0.5) is 13.2 Å². The van der Waals surface area contributed by atoms with E-state index in [9.17, 15) is 21.6 Å². The lowest BCUT2D eigenvalue weighted by atomic mass is 10.0. The van der Waals surface area contributed by atoms with E-state index in [2.05, 4.69) is 4.18 Å². The first-order valence-electron chi connectivity index (χ1n) is 5.60. The monoisotopic (exact) mass is 318 g/mol. The van der Waals surface area contributed by atoms with Gasteiger partial charge in [-0.05, 0) is 23.3 Å². The molecule has 0 spiro atoms. The SMILES string of the molecule is O=S(=O)(O)Oc1cc(-c2ccccc2)ccc1C(F)(F)F. The van der Waals surface area contributed by atoms with Gasteiger partial charge in [0.25, 0.3) is 0 Å². The fourth-order valence-electron chi connectivity index (χ4n) is 1.75. The number of hydrogen-bond donors (Lipinski definition) is 1. The highest BCUT2D eigenvalue weighted by molar-refractivity contribution is 7.81. The maximum Gasteiger partial charge on any atom is 0.446 e. The number of hydrogen-bond acceptors (Lipinski definition) is 3. The zero-order chi connectivity index (χ0) is 15.7. The van der Waals surface area contributed by atoms with Crippen molar-refractivity contribution >= 4 is 10.4 Å². The van der Waals surface area contributed by atoms with Crippen molar-refractivity contribution in [1.29, 1.82) is 0 Å². The van der Waals surface area contributed by atoms with E-state index in [4.69, 9.17) is 4.55 Å². The van der Waals surface area contributed by atoms with Gasteiger partial charge in [-0.3, -0.25) is 4.55 Å². The molecule has 21 heavy (non-hydrogen) atoms. The van der Waals surface area contributed by atoms with Crippen LogP contribution in [-0.2, 0) is 16.6 Å². The second kappa shape index (κ2) is 5.38. The van der Waals surface area contributed by atoms with Crippen LogP contribution >= 0.6 is 0 Å². The van der Waals surface area contributed by atoms with Gasteiger partial charge in [0.15, 0.2) is 5.75 Å². The lowest BCUT2D eigenvalue weighted by Crippen LogP contribution is -2.13. The van der Waals surface area contributed by atoms with E-state index < -0.39 is 27.9 Å². The van der Waals surface area contributed by atoms with Crippen molar-refractivity contribution in [3.05, 3.63) is 54.1 Å². The van der Waals surface area contributed by atoms with Crippen LogP contribution < -0.4 is 4.18 Å². The normalized spacial score (nSPS) is 12.2. The summed E-state index contributed by atoms with van der Waals surface area (Å²) in [5.74, 6) is -0.980. The van der Waals surface area contributed by atoms with Gasteiger partial charge >= 0.3 is 16.6 Å². The first-order chi connectivity index (χ1) is 9.67. The molecule has 4 nitrogen and oxygen atoms in total. The van der Waals surface area contributed by atoms with Gasteiger partial charge in [0, 0.05) is 0 Å². The molecule has 0 aliphatic carbocycles. The lowest BCUT2D eigenvalue weighted by Gasteiger charge is -2.13. The van der Waals surface area contributed by atoms with Gasteiger partial charge in [-0.15, -0.1) is 0 Å². The maximum absolute atomic E-state index is 12.8. The number of alkyl halides is 3. The van der Waals surface area contributed by atoms with Crippen LogP contribution in [0.15, 0.2) is 48.5 Å². The molecule has 0 atom stereocenters. The van der Waals surface area contributed by atoms with Gasteiger partial charge in [-0.2, -0.15) is 21.6 Å². The third kappa shape index (κ3) is 3.96. The summed E-state index contributed by atoms with van der Waals surface area (Å²) in [6.45, 7) is 0. The van der Waals surface area contributed by atoms with Crippen molar-refractivity contribution in [2.45, 2.75) is 6.18 Å². The Balaban J connectivity index is 2.57. The predicted molar refractivity (Wildman–Crippen MR) is 69.1 cm³/mol. The molecule has 1 N–H and O–H groups in total. The molecule has 0 aliphatic rings. The molecular formula is C13H9F3O4S. The summed E-state index contributed by atoms with van der Waals surface area (Å²) in [4.78, 5) is 0. The van der Waals surface area contributed by atoms with E-state index >= 15 is 0 Å². The van der Waals surface area contributed by atoms with Crippen LogP contribution in [-0.4, -0.2) is 13.0 Å².